The lowest BCUT2D eigenvalue weighted by atomic mass is 9.90. The van der Waals surface area contributed by atoms with Crippen molar-refractivity contribution < 1.29 is 9.53 Å². The quantitative estimate of drug-likeness (QED) is 0.927. The normalized spacial score (nSPS) is 19.2. The van der Waals surface area contributed by atoms with Gasteiger partial charge in [-0.05, 0) is 62.8 Å². The fourth-order valence-electron chi connectivity index (χ4n) is 3.55. The first-order valence-electron chi connectivity index (χ1n) is 8.79. The Hall–Kier alpha value is -1.39. The highest BCUT2D eigenvalue weighted by Gasteiger charge is 2.28. The van der Waals surface area contributed by atoms with E-state index in [4.69, 9.17) is 4.74 Å². The van der Waals surface area contributed by atoms with E-state index in [2.05, 4.69) is 36.2 Å². The Kier molecular flexibility index (Phi) is 5.02. The molecule has 1 aromatic carbocycles. The van der Waals surface area contributed by atoms with Crippen LogP contribution in [-0.4, -0.2) is 49.2 Å². The molecule has 4 nitrogen and oxygen atoms in total. The van der Waals surface area contributed by atoms with Gasteiger partial charge < -0.3 is 10.1 Å². The molecule has 126 valence electrons. The second-order valence-electron chi connectivity index (χ2n) is 7.29. The van der Waals surface area contributed by atoms with Crippen molar-refractivity contribution >= 4 is 5.91 Å². The van der Waals surface area contributed by atoms with Crippen molar-refractivity contribution in [1.29, 1.82) is 0 Å². The molecule has 4 heteroatoms. The van der Waals surface area contributed by atoms with Gasteiger partial charge in [0.05, 0.1) is 13.2 Å². The second-order valence-corrected chi connectivity index (χ2v) is 7.29. The van der Waals surface area contributed by atoms with Crippen LogP contribution in [0, 0.1) is 0 Å². The molecular formula is C19H28N2O2. The molecule has 0 radical (unpaired) electrons. The van der Waals surface area contributed by atoms with Crippen molar-refractivity contribution in [1.82, 2.24) is 10.2 Å². The monoisotopic (exact) mass is 316 g/mol. The number of hydrogen-bond donors (Lipinski definition) is 1. The third-order valence-corrected chi connectivity index (χ3v) is 5.16. The van der Waals surface area contributed by atoms with Gasteiger partial charge in [-0.2, -0.15) is 0 Å². The number of fused-ring (bicyclic) bond motifs is 1. The molecule has 1 fully saturated rings. The summed E-state index contributed by atoms with van der Waals surface area (Å²) in [6, 6.07) is 6.20. The van der Waals surface area contributed by atoms with Crippen molar-refractivity contribution in [3.8, 4) is 0 Å². The van der Waals surface area contributed by atoms with Crippen molar-refractivity contribution in [3.05, 3.63) is 34.9 Å². The van der Waals surface area contributed by atoms with Crippen LogP contribution in [0.5, 0.6) is 0 Å². The minimum absolute atomic E-state index is 0.0414. The average molecular weight is 316 g/mol. The Balaban J connectivity index is 1.60. The van der Waals surface area contributed by atoms with Crippen LogP contribution in [0.1, 0.15) is 48.2 Å². The summed E-state index contributed by atoms with van der Waals surface area (Å²) in [5.41, 5.74) is 3.52. The van der Waals surface area contributed by atoms with Crippen molar-refractivity contribution in [2.75, 3.05) is 32.8 Å². The van der Waals surface area contributed by atoms with Gasteiger partial charge in [0.15, 0.2) is 0 Å². The maximum atomic E-state index is 12.5. The first-order valence-corrected chi connectivity index (χ1v) is 8.79. The molecule has 2 aliphatic rings. The Bertz CT molecular complexity index is 562. The molecule has 1 N–H and O–H groups in total. The van der Waals surface area contributed by atoms with Gasteiger partial charge in [0.2, 0.25) is 0 Å². The number of ether oxygens (including phenoxy) is 1. The molecule has 0 saturated carbocycles. The molecule has 0 spiro atoms. The largest absolute Gasteiger partial charge is 0.379 e. The van der Waals surface area contributed by atoms with Crippen molar-refractivity contribution in [3.63, 3.8) is 0 Å². The van der Waals surface area contributed by atoms with Crippen LogP contribution in [0.15, 0.2) is 18.2 Å². The van der Waals surface area contributed by atoms with Gasteiger partial charge >= 0.3 is 0 Å². The first kappa shape index (κ1) is 16.5. The molecule has 1 aromatic rings. The molecule has 23 heavy (non-hydrogen) atoms. The number of carbonyl (C=O) groups excluding carboxylic acids is 1. The Morgan fingerprint density at radius 2 is 1.87 bits per heavy atom. The zero-order chi connectivity index (χ0) is 16.3. The predicted molar refractivity (Wildman–Crippen MR) is 91.9 cm³/mol. The third-order valence-electron chi connectivity index (χ3n) is 5.16. The summed E-state index contributed by atoms with van der Waals surface area (Å²) in [7, 11) is 0. The SMILES string of the molecule is CC(C)(CNC(=O)c1ccc2c(c1)CCCC2)N1CCOCC1. The van der Waals surface area contributed by atoms with E-state index in [1.165, 1.54) is 24.0 Å². The zero-order valence-electron chi connectivity index (χ0n) is 14.4. The lowest BCUT2D eigenvalue weighted by molar-refractivity contribution is -0.00923. The summed E-state index contributed by atoms with van der Waals surface area (Å²) in [6.07, 6.45) is 4.77. The van der Waals surface area contributed by atoms with Gasteiger partial charge in [0.25, 0.3) is 5.91 Å². The van der Waals surface area contributed by atoms with Gasteiger partial charge in [-0.25, -0.2) is 0 Å². The Morgan fingerprint density at radius 1 is 1.17 bits per heavy atom. The Labute approximate surface area is 139 Å². The van der Waals surface area contributed by atoms with E-state index in [1.807, 2.05) is 6.07 Å². The van der Waals surface area contributed by atoms with Gasteiger partial charge in [-0.3, -0.25) is 9.69 Å². The highest BCUT2D eigenvalue weighted by atomic mass is 16.5. The van der Waals surface area contributed by atoms with Crippen LogP contribution in [0.2, 0.25) is 0 Å². The number of amides is 1. The molecular weight excluding hydrogens is 288 g/mol. The number of nitrogens with one attached hydrogen (secondary N) is 1. The molecule has 3 rings (SSSR count). The van der Waals surface area contributed by atoms with Crippen LogP contribution in [-0.2, 0) is 17.6 Å². The summed E-state index contributed by atoms with van der Waals surface area (Å²) in [4.78, 5) is 14.9. The van der Waals surface area contributed by atoms with Crippen LogP contribution >= 0.6 is 0 Å². The number of benzene rings is 1. The number of morpholine rings is 1. The van der Waals surface area contributed by atoms with Gasteiger partial charge in [-0.1, -0.05) is 6.07 Å². The highest BCUT2D eigenvalue weighted by Crippen LogP contribution is 2.22. The van der Waals surface area contributed by atoms with Gasteiger partial charge in [0.1, 0.15) is 0 Å². The topological polar surface area (TPSA) is 41.6 Å². The first-order chi connectivity index (χ1) is 11.1. The van der Waals surface area contributed by atoms with Crippen LogP contribution in [0.3, 0.4) is 0 Å². The molecule has 0 atom stereocenters. The predicted octanol–water partition coefficient (Wildman–Crippen LogP) is 2.41. The molecule has 0 bridgehead atoms. The molecule has 1 aliphatic carbocycles. The summed E-state index contributed by atoms with van der Waals surface area (Å²) >= 11 is 0. The van der Waals surface area contributed by atoms with Gasteiger partial charge in [0, 0.05) is 30.7 Å². The van der Waals surface area contributed by atoms with Crippen LogP contribution in [0.4, 0.5) is 0 Å². The number of carbonyl (C=O) groups is 1. The summed E-state index contributed by atoms with van der Waals surface area (Å²) in [5, 5.41) is 3.12. The fourth-order valence-corrected chi connectivity index (χ4v) is 3.55. The standard InChI is InChI=1S/C19H28N2O2/c1-19(2,21-9-11-23-12-10-21)14-20-18(22)17-8-7-15-5-3-4-6-16(15)13-17/h7-8,13H,3-6,9-12,14H2,1-2H3,(H,20,22). The number of nitrogens with zero attached hydrogens (tertiary/aromatic N) is 1. The molecule has 1 amide bonds. The number of rotatable bonds is 4. The number of hydrogen-bond acceptors (Lipinski definition) is 3. The van der Waals surface area contributed by atoms with E-state index >= 15 is 0 Å². The zero-order valence-corrected chi connectivity index (χ0v) is 14.4. The van der Waals surface area contributed by atoms with E-state index in [1.54, 1.807) is 0 Å². The van der Waals surface area contributed by atoms with Crippen molar-refractivity contribution in [2.45, 2.75) is 45.1 Å². The molecule has 1 heterocycles. The molecule has 1 saturated heterocycles. The van der Waals surface area contributed by atoms with E-state index in [9.17, 15) is 4.79 Å². The summed E-state index contributed by atoms with van der Waals surface area (Å²) in [6.45, 7) is 8.45. The third kappa shape index (κ3) is 3.93. The summed E-state index contributed by atoms with van der Waals surface area (Å²) < 4.78 is 5.41. The lowest BCUT2D eigenvalue weighted by Gasteiger charge is -2.40. The molecule has 1 aliphatic heterocycles. The molecule has 0 unspecified atom stereocenters. The van der Waals surface area contributed by atoms with Crippen molar-refractivity contribution in [2.24, 2.45) is 0 Å². The summed E-state index contributed by atoms with van der Waals surface area (Å²) in [5.74, 6) is 0.0414. The highest BCUT2D eigenvalue weighted by molar-refractivity contribution is 5.94. The van der Waals surface area contributed by atoms with Crippen LogP contribution in [0.25, 0.3) is 0 Å². The average Bonchev–Trinajstić information content (AvgIpc) is 2.60. The van der Waals surface area contributed by atoms with E-state index in [0.717, 1.165) is 44.7 Å². The number of aryl methyl sites for hydroxylation is 2. The maximum absolute atomic E-state index is 12.5. The van der Waals surface area contributed by atoms with E-state index < -0.39 is 0 Å². The molecule has 0 aromatic heterocycles. The van der Waals surface area contributed by atoms with Gasteiger partial charge in [-0.15, -0.1) is 0 Å². The minimum Gasteiger partial charge on any atom is -0.379 e. The smallest absolute Gasteiger partial charge is 0.251 e. The maximum Gasteiger partial charge on any atom is 0.251 e. The second kappa shape index (κ2) is 7.02. The van der Waals surface area contributed by atoms with E-state index in [-0.39, 0.29) is 11.4 Å². The lowest BCUT2D eigenvalue weighted by Crippen LogP contribution is -2.55. The van der Waals surface area contributed by atoms with E-state index in [0.29, 0.717) is 6.54 Å². The minimum atomic E-state index is -0.0480. The van der Waals surface area contributed by atoms with Crippen LogP contribution < -0.4 is 5.32 Å². The Morgan fingerprint density at radius 3 is 2.61 bits per heavy atom. The fraction of sp³-hybridized carbons (Fsp3) is 0.632.